The number of rotatable bonds is 4. The van der Waals surface area contributed by atoms with Crippen molar-refractivity contribution < 1.29 is 9.53 Å². The maximum absolute atomic E-state index is 11.8. The molecule has 1 unspecified atom stereocenters. The van der Waals surface area contributed by atoms with E-state index in [1.807, 2.05) is 12.1 Å². The number of halogens is 1. The molecule has 0 radical (unpaired) electrons. The van der Waals surface area contributed by atoms with Crippen LogP contribution in [0.1, 0.15) is 22.8 Å². The number of methoxy groups -OCH3 is 1. The summed E-state index contributed by atoms with van der Waals surface area (Å²) < 4.78 is 4.77. The van der Waals surface area contributed by atoms with Crippen LogP contribution in [0.3, 0.4) is 0 Å². The Balaban J connectivity index is 1.65. The minimum Gasteiger partial charge on any atom is -0.465 e. The Kier molecular flexibility index (Phi) is 4.88. The third-order valence-corrected chi connectivity index (χ3v) is 5.09. The highest BCUT2D eigenvalue weighted by Crippen LogP contribution is 2.37. The Bertz CT molecular complexity index is 1040. The zero-order valence-corrected chi connectivity index (χ0v) is 16.3. The lowest BCUT2D eigenvalue weighted by Gasteiger charge is -2.24. The number of anilines is 4. The van der Waals surface area contributed by atoms with Crippen LogP contribution in [0.25, 0.3) is 0 Å². The maximum Gasteiger partial charge on any atom is 0.337 e. The first-order chi connectivity index (χ1) is 13.6. The minimum atomic E-state index is -0.425. The van der Waals surface area contributed by atoms with Gasteiger partial charge in [0.1, 0.15) is 18.0 Å². The summed E-state index contributed by atoms with van der Waals surface area (Å²) >= 11 is 6.28. The van der Waals surface area contributed by atoms with Crippen molar-refractivity contribution in [1.82, 2.24) is 9.97 Å². The molecular formula is C21H19ClN4O2. The fourth-order valence-electron chi connectivity index (χ4n) is 3.47. The average molecular weight is 395 g/mol. The molecule has 1 atom stereocenters. The predicted octanol–water partition coefficient (Wildman–Crippen LogP) is 4.74. The molecule has 0 bridgehead atoms. The van der Waals surface area contributed by atoms with E-state index in [1.54, 1.807) is 18.2 Å². The van der Waals surface area contributed by atoms with Gasteiger partial charge >= 0.3 is 5.97 Å². The summed E-state index contributed by atoms with van der Waals surface area (Å²) in [4.78, 5) is 22.7. The van der Waals surface area contributed by atoms with Crippen molar-refractivity contribution in [3.8, 4) is 0 Å². The van der Waals surface area contributed by atoms with Crippen molar-refractivity contribution in [2.24, 2.45) is 0 Å². The highest BCUT2D eigenvalue weighted by Gasteiger charge is 2.27. The summed E-state index contributed by atoms with van der Waals surface area (Å²) in [6, 6.07) is 15.4. The van der Waals surface area contributed by atoms with Crippen molar-refractivity contribution >= 4 is 40.6 Å². The van der Waals surface area contributed by atoms with Gasteiger partial charge in [-0.1, -0.05) is 29.8 Å². The third-order valence-electron chi connectivity index (χ3n) is 4.76. The summed E-state index contributed by atoms with van der Waals surface area (Å²) in [5.74, 6) is 0.964. The highest BCUT2D eigenvalue weighted by atomic mass is 35.5. The monoisotopic (exact) mass is 394 g/mol. The molecule has 28 heavy (non-hydrogen) atoms. The third kappa shape index (κ3) is 3.39. The van der Waals surface area contributed by atoms with Crippen LogP contribution in [0.15, 0.2) is 54.9 Å². The topological polar surface area (TPSA) is 67.3 Å². The Morgan fingerprint density at radius 1 is 1.21 bits per heavy atom. The van der Waals surface area contributed by atoms with Crippen LogP contribution >= 0.6 is 11.6 Å². The molecule has 3 aromatic rings. The Labute approximate surface area is 168 Å². The number of esters is 1. The smallest absolute Gasteiger partial charge is 0.337 e. The molecular weight excluding hydrogens is 376 g/mol. The van der Waals surface area contributed by atoms with E-state index in [4.69, 9.17) is 16.3 Å². The Hall–Kier alpha value is -3.12. The molecule has 0 saturated heterocycles. The van der Waals surface area contributed by atoms with Crippen LogP contribution in [0.5, 0.6) is 0 Å². The van der Waals surface area contributed by atoms with Crippen LogP contribution in [0, 0.1) is 0 Å². The molecule has 0 spiro atoms. The van der Waals surface area contributed by atoms with Gasteiger partial charge in [0, 0.05) is 17.8 Å². The van der Waals surface area contributed by atoms with Crippen molar-refractivity contribution in [3.63, 3.8) is 0 Å². The number of fused-ring (bicyclic) bond motifs is 1. The van der Waals surface area contributed by atoms with Crippen LogP contribution in [0.4, 0.5) is 23.0 Å². The van der Waals surface area contributed by atoms with E-state index < -0.39 is 5.97 Å². The lowest BCUT2D eigenvalue weighted by atomic mass is 10.1. The molecule has 7 heteroatoms. The second kappa shape index (κ2) is 7.48. The number of hydrogen-bond donors (Lipinski definition) is 1. The summed E-state index contributed by atoms with van der Waals surface area (Å²) in [5.41, 5.74) is 3.44. The average Bonchev–Trinajstić information content (AvgIpc) is 3.05. The lowest BCUT2D eigenvalue weighted by molar-refractivity contribution is 0.0601. The number of nitrogens with zero attached hydrogens (tertiary/aromatic N) is 3. The van der Waals surface area contributed by atoms with E-state index in [1.165, 1.54) is 19.0 Å². The standard InChI is InChI=1S/C21H19ClN4O2/c1-13-9-14-5-3-4-6-18(14)26(13)20-11-19(23-12-24-20)25-17-10-15(21(27)28-2)7-8-16(17)22/h3-8,10-13H,9H2,1-2H3,(H,23,24,25). The van der Waals surface area contributed by atoms with Crippen LogP contribution in [-0.2, 0) is 11.2 Å². The van der Waals surface area contributed by atoms with Crippen molar-refractivity contribution in [1.29, 1.82) is 0 Å². The van der Waals surface area contributed by atoms with Gasteiger partial charge in [0.05, 0.1) is 23.4 Å². The van der Waals surface area contributed by atoms with E-state index in [0.717, 1.165) is 17.9 Å². The van der Waals surface area contributed by atoms with E-state index in [0.29, 0.717) is 28.1 Å². The second-order valence-electron chi connectivity index (χ2n) is 6.62. The molecule has 6 nitrogen and oxygen atoms in total. The van der Waals surface area contributed by atoms with Crippen molar-refractivity contribution in [2.45, 2.75) is 19.4 Å². The number of hydrogen-bond acceptors (Lipinski definition) is 6. The van der Waals surface area contributed by atoms with Gasteiger partial charge in [0.2, 0.25) is 0 Å². The van der Waals surface area contributed by atoms with Crippen molar-refractivity contribution in [2.75, 3.05) is 17.3 Å². The van der Waals surface area contributed by atoms with Gasteiger partial charge in [-0.3, -0.25) is 0 Å². The zero-order chi connectivity index (χ0) is 19.7. The summed E-state index contributed by atoms with van der Waals surface area (Å²) in [7, 11) is 1.34. The molecule has 2 heterocycles. The molecule has 0 amide bonds. The number of benzene rings is 2. The van der Waals surface area contributed by atoms with Gasteiger partial charge in [-0.15, -0.1) is 0 Å². The van der Waals surface area contributed by atoms with Gasteiger partial charge in [-0.2, -0.15) is 0 Å². The Morgan fingerprint density at radius 3 is 2.86 bits per heavy atom. The van der Waals surface area contributed by atoms with Crippen LogP contribution in [0.2, 0.25) is 5.02 Å². The number of nitrogens with one attached hydrogen (secondary N) is 1. The molecule has 142 valence electrons. The maximum atomic E-state index is 11.8. The lowest BCUT2D eigenvalue weighted by Crippen LogP contribution is -2.24. The van der Waals surface area contributed by atoms with Gasteiger partial charge in [0.15, 0.2) is 0 Å². The molecule has 1 aliphatic rings. The summed E-state index contributed by atoms with van der Waals surface area (Å²) in [6.45, 7) is 2.17. The molecule has 1 N–H and O–H groups in total. The fraction of sp³-hybridized carbons (Fsp3) is 0.190. The number of para-hydroxylation sites is 1. The first-order valence-electron chi connectivity index (χ1n) is 8.91. The number of carbonyl (C=O) groups is 1. The number of ether oxygens (including phenoxy) is 1. The first kappa shape index (κ1) is 18.3. The number of aromatic nitrogens is 2. The second-order valence-corrected chi connectivity index (χ2v) is 7.03. The molecule has 0 fully saturated rings. The number of carbonyl (C=O) groups excluding carboxylic acids is 1. The van der Waals surface area contributed by atoms with E-state index in [9.17, 15) is 4.79 Å². The van der Waals surface area contributed by atoms with E-state index in [2.05, 4.69) is 45.3 Å². The largest absolute Gasteiger partial charge is 0.465 e. The molecule has 2 aromatic carbocycles. The predicted molar refractivity (Wildman–Crippen MR) is 110 cm³/mol. The zero-order valence-electron chi connectivity index (χ0n) is 15.5. The normalized spacial score (nSPS) is 15.2. The molecule has 1 aliphatic heterocycles. The van der Waals surface area contributed by atoms with Crippen LogP contribution in [-0.4, -0.2) is 29.1 Å². The molecule has 1 aromatic heterocycles. The SMILES string of the molecule is COC(=O)c1ccc(Cl)c(Nc2cc(N3c4ccccc4CC3C)ncn2)c1. The summed E-state index contributed by atoms with van der Waals surface area (Å²) in [6.07, 6.45) is 2.49. The molecule has 0 saturated carbocycles. The van der Waals surface area contributed by atoms with E-state index >= 15 is 0 Å². The molecule has 4 rings (SSSR count). The quantitative estimate of drug-likeness (QED) is 0.644. The highest BCUT2D eigenvalue weighted by molar-refractivity contribution is 6.33. The fourth-order valence-corrected chi connectivity index (χ4v) is 3.63. The first-order valence-corrected chi connectivity index (χ1v) is 9.28. The Morgan fingerprint density at radius 2 is 2.04 bits per heavy atom. The van der Waals surface area contributed by atoms with Gasteiger partial charge in [-0.25, -0.2) is 14.8 Å². The summed E-state index contributed by atoms with van der Waals surface area (Å²) in [5, 5.41) is 3.66. The van der Waals surface area contributed by atoms with Gasteiger partial charge < -0.3 is 15.0 Å². The molecule has 0 aliphatic carbocycles. The van der Waals surface area contributed by atoms with Crippen LogP contribution < -0.4 is 10.2 Å². The minimum absolute atomic E-state index is 0.298. The van der Waals surface area contributed by atoms with Gasteiger partial charge in [0.25, 0.3) is 0 Å². The van der Waals surface area contributed by atoms with Gasteiger partial charge in [-0.05, 0) is 43.2 Å². The van der Waals surface area contributed by atoms with Crippen molar-refractivity contribution in [3.05, 3.63) is 71.0 Å². The van der Waals surface area contributed by atoms with E-state index in [-0.39, 0.29) is 0 Å².